The van der Waals surface area contributed by atoms with Gasteiger partial charge in [-0.3, -0.25) is 37.3 Å². The van der Waals surface area contributed by atoms with Gasteiger partial charge in [0.15, 0.2) is 12.2 Å². The van der Waals surface area contributed by atoms with E-state index in [1.807, 2.05) is 0 Å². The number of carbonyl (C=O) groups excluding carboxylic acids is 4. The van der Waals surface area contributed by atoms with Crippen molar-refractivity contribution >= 4 is 39.5 Å². The van der Waals surface area contributed by atoms with Gasteiger partial charge >= 0.3 is 39.5 Å². The van der Waals surface area contributed by atoms with E-state index in [0.29, 0.717) is 25.7 Å². The molecule has 17 nitrogen and oxygen atoms in total. The minimum Gasteiger partial charge on any atom is -0.462 e. The van der Waals surface area contributed by atoms with Gasteiger partial charge in [-0.15, -0.1) is 0 Å². The normalized spacial score (nSPS) is 13.9. The predicted octanol–water partition coefficient (Wildman–Crippen LogP) is 28.3. The van der Waals surface area contributed by atoms with E-state index in [0.717, 1.165) is 102 Å². The number of esters is 4. The Morgan fingerprint density at radius 2 is 0.436 bits per heavy atom. The second-order valence-corrected chi connectivity index (χ2v) is 35.8. The van der Waals surface area contributed by atoms with Gasteiger partial charge in [-0.2, -0.15) is 0 Å². The van der Waals surface area contributed by atoms with Crippen molar-refractivity contribution in [1.29, 1.82) is 0 Å². The molecule has 0 saturated heterocycles. The summed E-state index contributed by atoms with van der Waals surface area (Å²) in [6, 6.07) is 0. The number of aliphatic hydroxyl groups is 1. The van der Waals surface area contributed by atoms with E-state index in [4.69, 9.17) is 37.0 Å². The Kier molecular flexibility index (Phi) is 82.1. The number of hydrogen-bond donors (Lipinski definition) is 3. The van der Waals surface area contributed by atoms with Crippen LogP contribution in [0.5, 0.6) is 0 Å². The topological polar surface area (TPSA) is 237 Å². The summed E-state index contributed by atoms with van der Waals surface area (Å²) >= 11 is 0. The monoisotopic (exact) mass is 1610 g/mol. The zero-order chi connectivity index (χ0) is 80.4. The van der Waals surface area contributed by atoms with Crippen LogP contribution in [0.2, 0.25) is 0 Å². The summed E-state index contributed by atoms with van der Waals surface area (Å²) in [5, 5.41) is 10.7. The molecule has 0 rings (SSSR count). The average molecular weight is 1610 g/mol. The lowest BCUT2D eigenvalue weighted by molar-refractivity contribution is -0.161. The van der Waals surface area contributed by atoms with E-state index < -0.39 is 97.5 Å². The van der Waals surface area contributed by atoms with Gasteiger partial charge < -0.3 is 33.8 Å². The largest absolute Gasteiger partial charge is 0.472 e. The fourth-order valence-electron chi connectivity index (χ4n) is 14.3. The van der Waals surface area contributed by atoms with Gasteiger partial charge in [-0.05, 0) is 31.6 Å². The number of rotatable bonds is 91. The molecule has 3 unspecified atom stereocenters. The van der Waals surface area contributed by atoms with Gasteiger partial charge in [0.05, 0.1) is 26.4 Å². The summed E-state index contributed by atoms with van der Waals surface area (Å²) in [4.78, 5) is 73.0. The maximum Gasteiger partial charge on any atom is 0.472 e. The number of phosphoric ester groups is 2. The molecule has 0 radical (unpaired) electrons. The van der Waals surface area contributed by atoms with Gasteiger partial charge in [-0.1, -0.05) is 446 Å². The Labute approximate surface area is 677 Å². The SMILES string of the molecule is CCCCCCCCCCCCCCCCCCCCCCCCC(=O)OC[C@H](COP(=O)(O)OC[C@@H](O)COP(=O)(O)OC[C@@H](COC(=O)CCCCCCC)OC(=O)CCCCCCCCCCCCCCCCCCCCCCC)OC(=O)CCCCCCCCCCCCCCCCCCCCC(C)CC. The van der Waals surface area contributed by atoms with Crippen molar-refractivity contribution in [2.75, 3.05) is 39.6 Å². The van der Waals surface area contributed by atoms with Crippen molar-refractivity contribution in [2.45, 2.75) is 515 Å². The van der Waals surface area contributed by atoms with E-state index in [1.165, 1.54) is 315 Å². The van der Waals surface area contributed by atoms with Crippen molar-refractivity contribution < 1.29 is 80.2 Å². The highest BCUT2D eigenvalue weighted by atomic mass is 31.2. The van der Waals surface area contributed by atoms with Crippen LogP contribution < -0.4 is 0 Å². The van der Waals surface area contributed by atoms with Gasteiger partial charge in [0.2, 0.25) is 0 Å². The first-order valence-corrected chi connectivity index (χ1v) is 50.2. The van der Waals surface area contributed by atoms with E-state index in [-0.39, 0.29) is 25.7 Å². The number of phosphoric acid groups is 2. The van der Waals surface area contributed by atoms with Crippen LogP contribution in [0.15, 0.2) is 0 Å². The lowest BCUT2D eigenvalue weighted by atomic mass is 9.99. The smallest absolute Gasteiger partial charge is 0.462 e. The molecule has 0 saturated carbocycles. The highest BCUT2D eigenvalue weighted by Crippen LogP contribution is 2.45. The van der Waals surface area contributed by atoms with Crippen LogP contribution in [0.4, 0.5) is 0 Å². The molecule has 0 aromatic rings. The zero-order valence-corrected chi connectivity index (χ0v) is 74.2. The van der Waals surface area contributed by atoms with Crippen molar-refractivity contribution in [3.63, 3.8) is 0 Å². The predicted molar refractivity (Wildman–Crippen MR) is 455 cm³/mol. The average Bonchev–Trinajstić information content (AvgIpc) is 0.898. The first-order chi connectivity index (χ1) is 53.6. The molecule has 0 fully saturated rings. The van der Waals surface area contributed by atoms with Crippen LogP contribution in [-0.2, 0) is 65.4 Å². The second-order valence-electron chi connectivity index (χ2n) is 32.9. The Bertz CT molecular complexity index is 2080. The molecule has 0 aliphatic carbocycles. The number of hydrogen-bond acceptors (Lipinski definition) is 15. The number of carbonyl (C=O) groups is 4. The highest BCUT2D eigenvalue weighted by Gasteiger charge is 2.31. The van der Waals surface area contributed by atoms with Crippen LogP contribution >= 0.6 is 15.6 Å². The van der Waals surface area contributed by atoms with Crippen molar-refractivity contribution in [3.8, 4) is 0 Å². The highest BCUT2D eigenvalue weighted by molar-refractivity contribution is 7.47. The van der Waals surface area contributed by atoms with Crippen LogP contribution in [0, 0.1) is 5.92 Å². The lowest BCUT2D eigenvalue weighted by Gasteiger charge is -2.21. The molecule has 3 N–H and O–H groups in total. The molecule has 0 aliphatic rings. The molecule has 0 bridgehead atoms. The summed E-state index contributed by atoms with van der Waals surface area (Å²) in [5.41, 5.74) is 0. The Morgan fingerprint density at radius 3 is 0.645 bits per heavy atom. The molecule has 0 aromatic carbocycles. The molecular formula is C91H178O17P2. The third kappa shape index (κ3) is 82.6. The fourth-order valence-corrected chi connectivity index (χ4v) is 15.9. The second kappa shape index (κ2) is 83.5. The fraction of sp³-hybridized carbons (Fsp3) is 0.956. The zero-order valence-electron chi connectivity index (χ0n) is 72.4. The Morgan fingerprint density at radius 1 is 0.255 bits per heavy atom. The summed E-state index contributed by atoms with van der Waals surface area (Å²) in [7, 11) is -9.92. The quantitative estimate of drug-likeness (QED) is 0.0222. The number of ether oxygens (including phenoxy) is 4. The van der Waals surface area contributed by atoms with Gasteiger partial charge in [0, 0.05) is 25.7 Å². The molecule has 654 valence electrons. The third-order valence-corrected chi connectivity index (χ3v) is 23.8. The van der Waals surface area contributed by atoms with Crippen LogP contribution in [0.1, 0.15) is 497 Å². The summed E-state index contributed by atoms with van der Waals surface area (Å²) in [5.74, 6) is -1.24. The van der Waals surface area contributed by atoms with Crippen LogP contribution in [0.3, 0.4) is 0 Å². The first-order valence-electron chi connectivity index (χ1n) is 47.2. The number of unbranched alkanes of at least 4 members (excludes halogenated alkanes) is 62. The van der Waals surface area contributed by atoms with Crippen molar-refractivity contribution in [2.24, 2.45) is 5.92 Å². The Balaban J connectivity index is 5.07. The minimum absolute atomic E-state index is 0.108. The standard InChI is InChI=1S/C91H178O17P2/c1-6-10-13-16-18-20-22-24-26-28-30-32-34-35-40-44-48-52-56-60-65-70-75-89(94)102-81-87(108-91(96)77-72-67-62-58-54-50-46-42-38-37-39-43-47-51-55-59-64-68-73-84(5)9-4)83-106-110(99,100)104-79-85(92)78-103-109(97,98)105-82-86(80-101-88(93)74-69-63-15-12-8-3)107-90(95)76-71-66-61-57-53-49-45-41-36-33-31-29-27-25-23-21-19-17-14-11-7-2/h84-87,92H,6-83H2,1-5H3,(H,97,98)(H,99,100)/t84?,85-,86+,87+/m0/s1. The van der Waals surface area contributed by atoms with E-state index in [1.54, 1.807) is 0 Å². The van der Waals surface area contributed by atoms with Crippen LogP contribution in [0.25, 0.3) is 0 Å². The first kappa shape index (κ1) is 108. The van der Waals surface area contributed by atoms with Crippen molar-refractivity contribution in [1.82, 2.24) is 0 Å². The van der Waals surface area contributed by atoms with Gasteiger partial charge in [0.25, 0.3) is 0 Å². The Hall–Kier alpha value is -1.94. The molecule has 0 heterocycles. The third-order valence-electron chi connectivity index (χ3n) is 21.9. The maximum absolute atomic E-state index is 13.2. The summed E-state index contributed by atoms with van der Waals surface area (Å²) in [6.07, 6.45) is 79.9. The molecular weight excluding hydrogens is 1430 g/mol. The molecule has 0 amide bonds. The maximum atomic E-state index is 13.2. The summed E-state index contributed by atoms with van der Waals surface area (Å²) < 4.78 is 68.8. The number of aliphatic hydroxyl groups excluding tert-OH is 1. The molecule has 6 atom stereocenters. The lowest BCUT2D eigenvalue weighted by Crippen LogP contribution is -2.30. The van der Waals surface area contributed by atoms with Gasteiger partial charge in [-0.25, -0.2) is 9.13 Å². The molecule has 0 aromatic heterocycles. The van der Waals surface area contributed by atoms with Gasteiger partial charge in [0.1, 0.15) is 19.3 Å². The summed E-state index contributed by atoms with van der Waals surface area (Å²) in [6.45, 7) is 7.36. The molecule has 110 heavy (non-hydrogen) atoms. The van der Waals surface area contributed by atoms with E-state index in [2.05, 4.69) is 34.6 Å². The van der Waals surface area contributed by atoms with Crippen molar-refractivity contribution in [3.05, 3.63) is 0 Å². The molecule has 19 heteroatoms. The molecule has 0 spiro atoms. The molecule has 0 aliphatic heterocycles. The minimum atomic E-state index is -4.97. The van der Waals surface area contributed by atoms with Crippen LogP contribution in [-0.4, -0.2) is 96.7 Å². The van der Waals surface area contributed by atoms with E-state index in [9.17, 15) is 43.2 Å². The van der Waals surface area contributed by atoms with E-state index >= 15 is 0 Å².